The van der Waals surface area contributed by atoms with E-state index in [0.29, 0.717) is 30.0 Å². The highest BCUT2D eigenvalue weighted by molar-refractivity contribution is 5.89. The number of carbonyl (C=O) groups excluding carboxylic acids is 2. The molecule has 1 aromatic rings. The monoisotopic (exact) mass is 356 g/mol. The number of methoxy groups -OCH3 is 1. The van der Waals surface area contributed by atoms with Crippen molar-refractivity contribution in [3.05, 3.63) is 35.4 Å². The molecular formula is C21H28N2O3. The fourth-order valence-corrected chi connectivity index (χ4v) is 5.61. The number of esters is 1. The number of hydrogen-bond donors (Lipinski definition) is 2. The van der Waals surface area contributed by atoms with Crippen LogP contribution in [0.5, 0.6) is 0 Å². The van der Waals surface area contributed by atoms with Crippen LogP contribution in [0.1, 0.15) is 48.0 Å². The van der Waals surface area contributed by atoms with Gasteiger partial charge in [-0.05, 0) is 79.9 Å². The molecule has 2 N–H and O–H groups in total. The van der Waals surface area contributed by atoms with Crippen LogP contribution in [0.15, 0.2) is 24.3 Å². The lowest BCUT2D eigenvalue weighted by Crippen LogP contribution is -2.57. The Kier molecular flexibility index (Phi) is 4.88. The third kappa shape index (κ3) is 3.57. The van der Waals surface area contributed by atoms with Crippen molar-refractivity contribution in [1.82, 2.24) is 10.6 Å². The van der Waals surface area contributed by atoms with E-state index in [1.165, 1.54) is 39.2 Å². The number of amides is 2. The molecule has 5 nitrogen and oxygen atoms in total. The lowest BCUT2D eigenvalue weighted by atomic mass is 9.54. The number of nitrogens with one attached hydrogen (secondary N) is 2. The Bertz CT molecular complexity index is 642. The van der Waals surface area contributed by atoms with Crippen LogP contribution in [0.3, 0.4) is 0 Å². The molecule has 0 heterocycles. The largest absolute Gasteiger partial charge is 0.465 e. The van der Waals surface area contributed by atoms with E-state index in [0.717, 1.165) is 23.8 Å². The summed E-state index contributed by atoms with van der Waals surface area (Å²) in [4.78, 5) is 23.8. The lowest BCUT2D eigenvalue weighted by molar-refractivity contribution is -0.00940. The average Bonchev–Trinajstić information content (AvgIpc) is 2.64. The summed E-state index contributed by atoms with van der Waals surface area (Å²) in [5.74, 6) is 2.91. The zero-order chi connectivity index (χ0) is 18.1. The number of carbonyl (C=O) groups is 2. The van der Waals surface area contributed by atoms with E-state index < -0.39 is 0 Å². The van der Waals surface area contributed by atoms with E-state index in [2.05, 4.69) is 10.6 Å². The Balaban J connectivity index is 1.23. The van der Waals surface area contributed by atoms with E-state index in [1.807, 2.05) is 12.1 Å². The maximum atomic E-state index is 12.3. The van der Waals surface area contributed by atoms with E-state index in [9.17, 15) is 9.59 Å². The molecule has 4 saturated carbocycles. The minimum absolute atomic E-state index is 0.0337. The molecule has 1 aromatic carbocycles. The molecule has 26 heavy (non-hydrogen) atoms. The third-order valence-electron chi connectivity index (χ3n) is 6.60. The van der Waals surface area contributed by atoms with Gasteiger partial charge in [0.05, 0.1) is 12.7 Å². The third-order valence-corrected chi connectivity index (χ3v) is 6.60. The molecule has 4 bridgehead atoms. The van der Waals surface area contributed by atoms with Crippen molar-refractivity contribution < 1.29 is 14.3 Å². The molecule has 0 radical (unpaired) electrons. The first-order chi connectivity index (χ1) is 12.6. The van der Waals surface area contributed by atoms with Gasteiger partial charge in [0.15, 0.2) is 0 Å². The summed E-state index contributed by atoms with van der Waals surface area (Å²) in [6.07, 6.45) is 7.42. The maximum Gasteiger partial charge on any atom is 0.337 e. The molecule has 0 aromatic heterocycles. The molecule has 5 heteroatoms. The smallest absolute Gasteiger partial charge is 0.337 e. The number of hydrogen-bond acceptors (Lipinski definition) is 3. The number of benzene rings is 1. The van der Waals surface area contributed by atoms with Gasteiger partial charge in [-0.3, -0.25) is 0 Å². The van der Waals surface area contributed by atoms with Crippen molar-refractivity contribution in [1.29, 1.82) is 0 Å². The Morgan fingerprint density at radius 3 is 2.19 bits per heavy atom. The van der Waals surface area contributed by atoms with Crippen molar-refractivity contribution in [2.45, 2.75) is 44.6 Å². The van der Waals surface area contributed by atoms with Crippen LogP contribution in [-0.4, -0.2) is 31.7 Å². The van der Waals surface area contributed by atoms with Gasteiger partial charge in [-0.2, -0.15) is 0 Å². The van der Waals surface area contributed by atoms with Crippen molar-refractivity contribution >= 4 is 12.0 Å². The second kappa shape index (κ2) is 7.29. The first-order valence-electron chi connectivity index (χ1n) is 9.84. The predicted molar refractivity (Wildman–Crippen MR) is 98.9 cm³/mol. The first kappa shape index (κ1) is 17.4. The van der Waals surface area contributed by atoms with Crippen molar-refractivity contribution in [3.8, 4) is 0 Å². The van der Waals surface area contributed by atoms with Crippen LogP contribution in [0.25, 0.3) is 0 Å². The summed E-state index contributed by atoms with van der Waals surface area (Å²) in [6, 6.07) is 7.68. The van der Waals surface area contributed by atoms with Gasteiger partial charge >= 0.3 is 12.0 Å². The lowest BCUT2D eigenvalue weighted by Gasteiger charge is -2.54. The van der Waals surface area contributed by atoms with Crippen LogP contribution in [0.4, 0.5) is 4.79 Å². The summed E-state index contributed by atoms with van der Waals surface area (Å²) >= 11 is 0. The molecule has 0 unspecified atom stereocenters. The molecule has 140 valence electrons. The highest BCUT2D eigenvalue weighted by atomic mass is 16.5. The fraction of sp³-hybridized carbons (Fsp3) is 0.619. The Morgan fingerprint density at radius 1 is 1.00 bits per heavy atom. The van der Waals surface area contributed by atoms with Gasteiger partial charge in [-0.15, -0.1) is 0 Å². The predicted octanol–water partition coefficient (Wildman–Crippen LogP) is 3.14. The van der Waals surface area contributed by atoms with Gasteiger partial charge in [0.2, 0.25) is 0 Å². The molecule has 2 amide bonds. The van der Waals surface area contributed by atoms with Crippen molar-refractivity contribution in [2.24, 2.45) is 23.7 Å². The van der Waals surface area contributed by atoms with Crippen LogP contribution in [0.2, 0.25) is 0 Å². The Labute approximate surface area is 154 Å². The number of urea groups is 1. The molecule has 0 saturated heterocycles. The molecule has 4 aliphatic rings. The summed E-state index contributed by atoms with van der Waals surface area (Å²) < 4.78 is 4.70. The van der Waals surface area contributed by atoms with E-state index >= 15 is 0 Å². The molecule has 0 aliphatic heterocycles. The zero-order valence-electron chi connectivity index (χ0n) is 15.4. The summed E-state index contributed by atoms with van der Waals surface area (Å²) in [5.41, 5.74) is 1.64. The van der Waals surface area contributed by atoms with E-state index in [-0.39, 0.29) is 12.0 Å². The minimum Gasteiger partial charge on any atom is -0.465 e. The topological polar surface area (TPSA) is 67.4 Å². The molecule has 0 spiro atoms. The highest BCUT2D eigenvalue weighted by Crippen LogP contribution is 2.53. The quantitative estimate of drug-likeness (QED) is 0.797. The zero-order valence-corrected chi connectivity index (χ0v) is 15.4. The second-order valence-electron chi connectivity index (χ2n) is 8.30. The van der Waals surface area contributed by atoms with Crippen LogP contribution < -0.4 is 10.6 Å². The normalized spacial score (nSPS) is 31.5. The summed E-state index contributed by atoms with van der Waals surface area (Å²) in [5, 5.41) is 6.27. The average molecular weight is 356 g/mol. The second-order valence-corrected chi connectivity index (χ2v) is 8.30. The Morgan fingerprint density at radius 2 is 1.62 bits per heavy atom. The van der Waals surface area contributed by atoms with Gasteiger partial charge in [0, 0.05) is 12.6 Å². The van der Waals surface area contributed by atoms with Crippen molar-refractivity contribution in [2.75, 3.05) is 13.7 Å². The fourth-order valence-electron chi connectivity index (χ4n) is 5.61. The van der Waals surface area contributed by atoms with Gasteiger partial charge in [-0.1, -0.05) is 12.1 Å². The molecular weight excluding hydrogens is 328 g/mol. The molecule has 5 rings (SSSR count). The van der Waals surface area contributed by atoms with E-state index in [1.54, 1.807) is 12.1 Å². The van der Waals surface area contributed by atoms with Crippen LogP contribution in [-0.2, 0) is 11.2 Å². The first-order valence-corrected chi connectivity index (χ1v) is 9.84. The maximum absolute atomic E-state index is 12.3. The number of ether oxygens (including phenoxy) is 1. The van der Waals surface area contributed by atoms with Gasteiger partial charge in [0.25, 0.3) is 0 Å². The molecule has 4 fully saturated rings. The summed E-state index contributed by atoms with van der Waals surface area (Å²) in [7, 11) is 1.38. The van der Waals surface area contributed by atoms with E-state index in [4.69, 9.17) is 4.74 Å². The van der Waals surface area contributed by atoms with Crippen LogP contribution in [0, 0.1) is 23.7 Å². The van der Waals surface area contributed by atoms with Gasteiger partial charge in [-0.25, -0.2) is 9.59 Å². The molecule has 0 atom stereocenters. The Hall–Kier alpha value is -2.04. The van der Waals surface area contributed by atoms with Gasteiger partial charge in [0.1, 0.15) is 0 Å². The molecule has 4 aliphatic carbocycles. The minimum atomic E-state index is -0.329. The summed E-state index contributed by atoms with van der Waals surface area (Å²) in [6.45, 7) is 0.594. The van der Waals surface area contributed by atoms with Crippen molar-refractivity contribution in [3.63, 3.8) is 0 Å². The highest BCUT2D eigenvalue weighted by Gasteiger charge is 2.48. The van der Waals surface area contributed by atoms with Crippen LogP contribution >= 0.6 is 0 Å². The number of rotatable bonds is 5. The standard InChI is InChI=1S/C21H28N2O3/c1-26-20(24)16-4-2-13(3-5-16)6-7-22-21(25)23-19-17-9-14-8-15(11-17)12-18(19)10-14/h2-5,14-15,17-19H,6-12H2,1H3,(H2,22,23,25). The van der Waals surface area contributed by atoms with Gasteiger partial charge < -0.3 is 15.4 Å². The SMILES string of the molecule is COC(=O)c1ccc(CCNC(=O)NC2C3CC4CC(C3)CC2C4)cc1.